The number of carbonyl (C=O) groups is 1. The summed E-state index contributed by atoms with van der Waals surface area (Å²) in [7, 11) is 3.21. The molecular formula is C24H28N4O4. The van der Waals surface area contributed by atoms with E-state index in [1.54, 1.807) is 20.3 Å². The maximum absolute atomic E-state index is 12.9. The highest BCUT2D eigenvalue weighted by Gasteiger charge is 2.28. The number of hydrogen-bond donors (Lipinski definition) is 0. The summed E-state index contributed by atoms with van der Waals surface area (Å²) in [6, 6.07) is 15.3. The van der Waals surface area contributed by atoms with Crippen LogP contribution in [0, 0.1) is 0 Å². The molecule has 168 valence electrons. The van der Waals surface area contributed by atoms with Crippen LogP contribution < -0.4 is 9.47 Å². The summed E-state index contributed by atoms with van der Waals surface area (Å²) in [4.78, 5) is 21.6. The van der Waals surface area contributed by atoms with Crippen LogP contribution in [-0.4, -0.2) is 66.2 Å². The summed E-state index contributed by atoms with van der Waals surface area (Å²) in [5.41, 5.74) is 1.78. The number of rotatable bonds is 7. The Morgan fingerprint density at radius 3 is 2.50 bits per heavy atom. The molecule has 2 aromatic carbocycles. The van der Waals surface area contributed by atoms with Crippen molar-refractivity contribution in [1.82, 2.24) is 19.9 Å². The van der Waals surface area contributed by atoms with E-state index < -0.39 is 0 Å². The lowest BCUT2D eigenvalue weighted by Crippen LogP contribution is -2.49. The summed E-state index contributed by atoms with van der Waals surface area (Å²) < 4.78 is 16.2. The SMILES string of the molecule is COc1ccc(CC(=O)N2CCN(C(C)c3nc(-c4ccccc4)no3)CC2)c(OC)c1. The summed E-state index contributed by atoms with van der Waals surface area (Å²) >= 11 is 0. The third kappa shape index (κ3) is 4.75. The molecule has 0 bridgehead atoms. The molecule has 0 saturated carbocycles. The Kier molecular flexibility index (Phi) is 6.70. The monoisotopic (exact) mass is 436 g/mol. The molecule has 4 rings (SSSR count). The fraction of sp³-hybridized carbons (Fsp3) is 0.375. The topological polar surface area (TPSA) is 80.9 Å². The third-order valence-electron chi connectivity index (χ3n) is 5.88. The molecule has 1 fully saturated rings. The van der Waals surface area contributed by atoms with Gasteiger partial charge >= 0.3 is 0 Å². The van der Waals surface area contributed by atoms with Crippen molar-refractivity contribution in [3.05, 3.63) is 60.0 Å². The van der Waals surface area contributed by atoms with Crippen LogP contribution in [0.2, 0.25) is 0 Å². The van der Waals surface area contributed by atoms with Gasteiger partial charge in [0, 0.05) is 43.4 Å². The van der Waals surface area contributed by atoms with Gasteiger partial charge in [-0.1, -0.05) is 41.6 Å². The molecule has 1 saturated heterocycles. The van der Waals surface area contributed by atoms with Crippen molar-refractivity contribution in [3.8, 4) is 22.9 Å². The number of benzene rings is 2. The molecule has 32 heavy (non-hydrogen) atoms. The van der Waals surface area contributed by atoms with Gasteiger partial charge in [-0.25, -0.2) is 0 Å². The van der Waals surface area contributed by atoms with Crippen LogP contribution in [0.15, 0.2) is 53.1 Å². The van der Waals surface area contributed by atoms with E-state index in [1.807, 2.05) is 47.4 Å². The molecule has 3 aromatic rings. The fourth-order valence-corrected chi connectivity index (χ4v) is 3.90. The van der Waals surface area contributed by atoms with Gasteiger partial charge in [-0.05, 0) is 13.0 Å². The number of methoxy groups -OCH3 is 2. The van der Waals surface area contributed by atoms with Crippen molar-refractivity contribution in [2.45, 2.75) is 19.4 Å². The fourth-order valence-electron chi connectivity index (χ4n) is 3.90. The van der Waals surface area contributed by atoms with Gasteiger partial charge in [0.1, 0.15) is 11.5 Å². The molecule has 1 atom stereocenters. The molecule has 8 heteroatoms. The Balaban J connectivity index is 1.34. The number of nitrogens with zero attached hydrogens (tertiary/aromatic N) is 4. The van der Waals surface area contributed by atoms with Gasteiger partial charge in [0.15, 0.2) is 0 Å². The minimum absolute atomic E-state index is 0.0149. The van der Waals surface area contributed by atoms with Crippen molar-refractivity contribution in [2.24, 2.45) is 0 Å². The predicted octanol–water partition coefficient (Wildman–Crippen LogP) is 3.20. The second-order valence-corrected chi connectivity index (χ2v) is 7.77. The number of ether oxygens (including phenoxy) is 2. The van der Waals surface area contributed by atoms with E-state index in [9.17, 15) is 4.79 Å². The molecule has 1 aliphatic heterocycles. The Hall–Kier alpha value is -3.39. The first-order valence-corrected chi connectivity index (χ1v) is 10.7. The van der Waals surface area contributed by atoms with Gasteiger partial charge in [0.2, 0.25) is 17.6 Å². The average Bonchev–Trinajstić information content (AvgIpc) is 3.35. The lowest BCUT2D eigenvalue weighted by molar-refractivity contribution is -0.132. The van der Waals surface area contributed by atoms with Crippen molar-refractivity contribution in [1.29, 1.82) is 0 Å². The lowest BCUT2D eigenvalue weighted by Gasteiger charge is -2.37. The van der Waals surface area contributed by atoms with E-state index >= 15 is 0 Å². The largest absolute Gasteiger partial charge is 0.497 e. The van der Waals surface area contributed by atoms with Crippen LogP contribution >= 0.6 is 0 Å². The van der Waals surface area contributed by atoms with E-state index in [4.69, 9.17) is 14.0 Å². The highest BCUT2D eigenvalue weighted by atomic mass is 16.5. The minimum atomic E-state index is -0.0149. The average molecular weight is 437 g/mol. The van der Waals surface area contributed by atoms with Crippen molar-refractivity contribution < 1.29 is 18.8 Å². The van der Waals surface area contributed by atoms with Crippen molar-refractivity contribution in [3.63, 3.8) is 0 Å². The molecule has 1 amide bonds. The predicted molar refractivity (Wildman–Crippen MR) is 120 cm³/mol. The quantitative estimate of drug-likeness (QED) is 0.563. The van der Waals surface area contributed by atoms with Gasteiger partial charge in [-0.15, -0.1) is 0 Å². The van der Waals surface area contributed by atoms with Crippen LogP contribution in [0.5, 0.6) is 11.5 Å². The lowest BCUT2D eigenvalue weighted by atomic mass is 10.1. The van der Waals surface area contributed by atoms with Crippen LogP contribution in [0.1, 0.15) is 24.4 Å². The van der Waals surface area contributed by atoms with Crippen molar-refractivity contribution >= 4 is 5.91 Å². The minimum Gasteiger partial charge on any atom is -0.497 e. The summed E-state index contributed by atoms with van der Waals surface area (Å²) in [5.74, 6) is 2.64. The summed E-state index contributed by atoms with van der Waals surface area (Å²) in [5, 5.41) is 4.12. The Morgan fingerprint density at radius 1 is 1.06 bits per heavy atom. The molecule has 2 heterocycles. The van der Waals surface area contributed by atoms with E-state index in [2.05, 4.69) is 22.0 Å². The standard InChI is InChI=1S/C24H28N4O4/c1-17(24-25-23(26-32-24)18-7-5-4-6-8-18)27-11-13-28(14-12-27)22(29)15-19-9-10-20(30-2)16-21(19)31-3/h4-10,16-17H,11-15H2,1-3H3. The molecule has 8 nitrogen and oxygen atoms in total. The highest BCUT2D eigenvalue weighted by Crippen LogP contribution is 2.26. The summed E-state index contributed by atoms with van der Waals surface area (Å²) in [6.45, 7) is 4.86. The van der Waals surface area contributed by atoms with Crippen molar-refractivity contribution in [2.75, 3.05) is 40.4 Å². The molecule has 1 unspecified atom stereocenters. The Bertz CT molecular complexity index is 1050. The van der Waals surface area contributed by atoms with Crippen LogP contribution in [-0.2, 0) is 11.2 Å². The van der Waals surface area contributed by atoms with Crippen LogP contribution in [0.25, 0.3) is 11.4 Å². The maximum atomic E-state index is 12.9. The number of piperazine rings is 1. The van der Waals surface area contributed by atoms with E-state index in [1.165, 1.54) is 0 Å². The second kappa shape index (κ2) is 9.82. The molecule has 0 spiro atoms. The Labute approximate surface area is 187 Å². The first kappa shape index (κ1) is 21.8. The number of hydrogen-bond acceptors (Lipinski definition) is 7. The van der Waals surface area contributed by atoms with Gasteiger partial charge in [0.25, 0.3) is 0 Å². The number of aromatic nitrogens is 2. The van der Waals surface area contributed by atoms with E-state index in [0.717, 1.165) is 24.2 Å². The zero-order chi connectivity index (χ0) is 22.5. The zero-order valence-electron chi connectivity index (χ0n) is 18.7. The molecule has 1 aliphatic rings. The highest BCUT2D eigenvalue weighted by molar-refractivity contribution is 5.79. The van der Waals surface area contributed by atoms with Crippen LogP contribution in [0.4, 0.5) is 0 Å². The van der Waals surface area contributed by atoms with Gasteiger partial charge < -0.3 is 18.9 Å². The molecule has 0 aliphatic carbocycles. The summed E-state index contributed by atoms with van der Waals surface area (Å²) in [6.07, 6.45) is 0.298. The smallest absolute Gasteiger partial charge is 0.244 e. The van der Waals surface area contributed by atoms with E-state index in [-0.39, 0.29) is 11.9 Å². The normalized spacial score (nSPS) is 15.4. The van der Waals surface area contributed by atoms with Crippen LogP contribution in [0.3, 0.4) is 0 Å². The van der Waals surface area contributed by atoms with E-state index in [0.29, 0.717) is 42.7 Å². The zero-order valence-corrected chi connectivity index (χ0v) is 18.7. The third-order valence-corrected chi connectivity index (χ3v) is 5.88. The number of amides is 1. The molecule has 1 aromatic heterocycles. The first-order chi connectivity index (χ1) is 15.6. The molecular weight excluding hydrogens is 408 g/mol. The maximum Gasteiger partial charge on any atom is 0.244 e. The number of carbonyl (C=O) groups excluding carboxylic acids is 1. The van der Waals surface area contributed by atoms with Gasteiger partial charge in [0.05, 0.1) is 26.7 Å². The molecule has 0 radical (unpaired) electrons. The molecule has 0 N–H and O–H groups in total. The Morgan fingerprint density at radius 2 is 1.81 bits per heavy atom. The first-order valence-electron chi connectivity index (χ1n) is 10.7. The second-order valence-electron chi connectivity index (χ2n) is 7.77. The van der Waals surface area contributed by atoms with Gasteiger partial charge in [-0.3, -0.25) is 9.69 Å². The van der Waals surface area contributed by atoms with Gasteiger partial charge in [-0.2, -0.15) is 4.98 Å².